The highest BCUT2D eigenvalue weighted by molar-refractivity contribution is 7.14. The number of methoxy groups -OCH3 is 3. The lowest BCUT2D eigenvalue weighted by Gasteiger charge is -2.21. The van der Waals surface area contributed by atoms with E-state index in [2.05, 4.69) is 15.2 Å². The Hall–Kier alpha value is -2.52. The van der Waals surface area contributed by atoms with Crippen molar-refractivity contribution in [2.45, 2.75) is 18.9 Å². The summed E-state index contributed by atoms with van der Waals surface area (Å²) >= 11 is 1.40. The maximum Gasteiger partial charge on any atom is 0.275 e. The third-order valence-corrected chi connectivity index (χ3v) is 5.36. The highest BCUT2D eigenvalue weighted by Gasteiger charge is 2.27. The number of aliphatic hydroxyl groups excluding tert-OH is 1. The molecular weight excluding hydrogens is 370 g/mol. The summed E-state index contributed by atoms with van der Waals surface area (Å²) in [5.41, 5.74) is 0.839. The quantitative estimate of drug-likeness (QED) is 0.746. The lowest BCUT2D eigenvalue weighted by atomic mass is 10.2. The molecule has 3 rings (SSSR count). The third kappa shape index (κ3) is 3.93. The standard InChI is InChI=1S/C18H23N3O5S/c1-24-14-7-11(8-15(25-2)16(14)26-3)19-17(23)13-10-27-18(20-13)21-6-4-5-12(21)9-22/h7-8,10,12,22H,4-6,9H2,1-3H3,(H,19,23). The van der Waals surface area contributed by atoms with E-state index >= 15 is 0 Å². The molecule has 0 spiro atoms. The van der Waals surface area contributed by atoms with Gasteiger partial charge in [-0.05, 0) is 12.8 Å². The van der Waals surface area contributed by atoms with Gasteiger partial charge in [0.25, 0.3) is 5.91 Å². The second-order valence-electron chi connectivity index (χ2n) is 6.06. The smallest absolute Gasteiger partial charge is 0.275 e. The molecule has 27 heavy (non-hydrogen) atoms. The zero-order chi connectivity index (χ0) is 19.4. The van der Waals surface area contributed by atoms with Crippen LogP contribution in [0.2, 0.25) is 0 Å². The Balaban J connectivity index is 1.78. The van der Waals surface area contributed by atoms with Gasteiger partial charge in [-0.15, -0.1) is 11.3 Å². The summed E-state index contributed by atoms with van der Waals surface area (Å²) in [4.78, 5) is 19.1. The highest BCUT2D eigenvalue weighted by atomic mass is 32.1. The fourth-order valence-electron chi connectivity index (χ4n) is 3.13. The Morgan fingerprint density at radius 3 is 2.59 bits per heavy atom. The molecule has 1 aliphatic rings. The van der Waals surface area contributed by atoms with Gasteiger partial charge >= 0.3 is 0 Å². The fraction of sp³-hybridized carbons (Fsp3) is 0.444. The molecule has 8 nitrogen and oxygen atoms in total. The molecule has 2 N–H and O–H groups in total. The number of hydrogen-bond donors (Lipinski definition) is 2. The number of ether oxygens (including phenoxy) is 3. The van der Waals surface area contributed by atoms with E-state index in [0.29, 0.717) is 28.6 Å². The Bertz CT molecular complexity index is 785. The van der Waals surface area contributed by atoms with Crippen molar-refractivity contribution in [2.75, 3.05) is 44.7 Å². The number of carbonyl (C=O) groups excluding carboxylic acids is 1. The monoisotopic (exact) mass is 393 g/mol. The second kappa shape index (κ2) is 8.45. The minimum absolute atomic E-state index is 0.0715. The van der Waals surface area contributed by atoms with Crippen LogP contribution in [0.1, 0.15) is 23.3 Å². The van der Waals surface area contributed by atoms with Gasteiger partial charge in [-0.2, -0.15) is 0 Å². The number of thiazole rings is 1. The van der Waals surface area contributed by atoms with E-state index < -0.39 is 0 Å². The van der Waals surface area contributed by atoms with Crippen LogP contribution in [0.4, 0.5) is 10.8 Å². The molecule has 9 heteroatoms. The van der Waals surface area contributed by atoms with Crippen LogP contribution < -0.4 is 24.4 Å². The van der Waals surface area contributed by atoms with Gasteiger partial charge in [-0.3, -0.25) is 4.79 Å². The molecule has 1 fully saturated rings. The van der Waals surface area contributed by atoms with Crippen LogP contribution >= 0.6 is 11.3 Å². The minimum atomic E-state index is -0.327. The Morgan fingerprint density at radius 1 is 1.30 bits per heavy atom. The normalized spacial score (nSPS) is 16.3. The average Bonchev–Trinajstić information content (AvgIpc) is 3.35. The van der Waals surface area contributed by atoms with Gasteiger partial charge < -0.3 is 29.5 Å². The molecule has 2 aromatic rings. The molecule has 1 aliphatic heterocycles. The van der Waals surface area contributed by atoms with Gasteiger partial charge in [0.05, 0.1) is 34.0 Å². The molecule has 2 heterocycles. The lowest BCUT2D eigenvalue weighted by molar-refractivity contribution is 0.102. The van der Waals surface area contributed by atoms with Gasteiger partial charge in [0.15, 0.2) is 16.6 Å². The Labute approximate surface area is 161 Å². The number of benzene rings is 1. The van der Waals surface area contributed by atoms with Crippen molar-refractivity contribution in [1.82, 2.24) is 4.98 Å². The number of rotatable bonds is 7. The van der Waals surface area contributed by atoms with Crippen molar-refractivity contribution in [2.24, 2.45) is 0 Å². The summed E-state index contributed by atoms with van der Waals surface area (Å²) in [6.07, 6.45) is 1.95. The SMILES string of the molecule is COc1cc(NC(=O)c2csc(N3CCCC3CO)n2)cc(OC)c1OC. The van der Waals surface area contributed by atoms with Crippen LogP contribution in [0.25, 0.3) is 0 Å². The molecule has 0 bridgehead atoms. The number of aromatic nitrogens is 1. The van der Waals surface area contributed by atoms with Gasteiger partial charge in [0, 0.05) is 29.7 Å². The molecule has 146 valence electrons. The van der Waals surface area contributed by atoms with Crippen LogP contribution in [0.15, 0.2) is 17.5 Å². The maximum absolute atomic E-state index is 12.6. The molecule has 0 saturated carbocycles. The molecular formula is C18H23N3O5S. The predicted octanol–water partition coefficient (Wildman–Crippen LogP) is 2.38. The van der Waals surface area contributed by atoms with Crippen molar-refractivity contribution in [3.63, 3.8) is 0 Å². The van der Waals surface area contributed by atoms with Gasteiger partial charge in [0.2, 0.25) is 5.75 Å². The van der Waals surface area contributed by atoms with E-state index in [9.17, 15) is 9.90 Å². The average molecular weight is 393 g/mol. The molecule has 1 amide bonds. The molecule has 1 aromatic carbocycles. The van der Waals surface area contributed by atoms with Gasteiger partial charge in [-0.1, -0.05) is 0 Å². The number of nitrogens with zero attached hydrogens (tertiary/aromatic N) is 2. The minimum Gasteiger partial charge on any atom is -0.493 e. The first-order valence-electron chi connectivity index (χ1n) is 8.55. The van der Waals surface area contributed by atoms with Crippen molar-refractivity contribution >= 4 is 28.1 Å². The summed E-state index contributed by atoms with van der Waals surface area (Å²) in [7, 11) is 4.56. The summed E-state index contributed by atoms with van der Waals surface area (Å²) in [5.74, 6) is 1.03. The molecule has 1 atom stereocenters. The van der Waals surface area contributed by atoms with Crippen molar-refractivity contribution < 1.29 is 24.1 Å². The molecule has 1 unspecified atom stereocenters. The number of anilines is 2. The number of amides is 1. The van der Waals surface area contributed by atoms with Gasteiger partial charge in [0.1, 0.15) is 5.69 Å². The zero-order valence-electron chi connectivity index (χ0n) is 15.5. The second-order valence-corrected chi connectivity index (χ2v) is 6.89. The lowest BCUT2D eigenvalue weighted by Crippen LogP contribution is -2.32. The Kier molecular flexibility index (Phi) is 6.02. The number of aliphatic hydroxyl groups is 1. The van der Waals surface area contributed by atoms with Crippen LogP contribution in [-0.2, 0) is 0 Å². The van der Waals surface area contributed by atoms with Crippen LogP contribution in [0, 0.1) is 0 Å². The first-order chi connectivity index (χ1) is 13.1. The predicted molar refractivity (Wildman–Crippen MR) is 104 cm³/mol. The zero-order valence-corrected chi connectivity index (χ0v) is 16.3. The van der Waals surface area contributed by atoms with E-state index in [4.69, 9.17) is 14.2 Å². The molecule has 1 aromatic heterocycles. The van der Waals surface area contributed by atoms with E-state index in [1.54, 1.807) is 17.5 Å². The van der Waals surface area contributed by atoms with Crippen molar-refractivity contribution in [1.29, 1.82) is 0 Å². The van der Waals surface area contributed by atoms with E-state index in [1.807, 2.05) is 0 Å². The number of carbonyl (C=O) groups is 1. The van der Waals surface area contributed by atoms with Gasteiger partial charge in [-0.25, -0.2) is 4.98 Å². The van der Waals surface area contributed by atoms with Crippen molar-refractivity contribution in [3.8, 4) is 17.2 Å². The summed E-state index contributed by atoms with van der Waals surface area (Å²) in [5, 5.41) is 14.8. The van der Waals surface area contributed by atoms with E-state index in [-0.39, 0.29) is 18.6 Å². The number of nitrogens with one attached hydrogen (secondary N) is 1. The topological polar surface area (TPSA) is 93.2 Å². The third-order valence-electron chi connectivity index (χ3n) is 4.48. The maximum atomic E-state index is 12.6. The largest absolute Gasteiger partial charge is 0.493 e. The van der Waals surface area contributed by atoms with E-state index in [0.717, 1.165) is 24.5 Å². The van der Waals surface area contributed by atoms with Crippen LogP contribution in [0.5, 0.6) is 17.2 Å². The van der Waals surface area contributed by atoms with Crippen molar-refractivity contribution in [3.05, 3.63) is 23.2 Å². The molecule has 1 saturated heterocycles. The molecule has 0 aliphatic carbocycles. The first-order valence-corrected chi connectivity index (χ1v) is 9.43. The fourth-order valence-corrected chi connectivity index (χ4v) is 4.03. The molecule has 0 radical (unpaired) electrons. The number of hydrogen-bond acceptors (Lipinski definition) is 8. The Morgan fingerprint density at radius 2 is 2.00 bits per heavy atom. The summed E-state index contributed by atoms with van der Waals surface area (Å²) in [6, 6.07) is 3.39. The summed E-state index contributed by atoms with van der Waals surface area (Å²) in [6.45, 7) is 0.930. The van der Waals surface area contributed by atoms with E-state index in [1.165, 1.54) is 32.7 Å². The van der Waals surface area contributed by atoms with Crippen LogP contribution in [0.3, 0.4) is 0 Å². The summed E-state index contributed by atoms with van der Waals surface area (Å²) < 4.78 is 15.9. The first kappa shape index (κ1) is 19.2. The highest BCUT2D eigenvalue weighted by Crippen LogP contribution is 2.40. The van der Waals surface area contributed by atoms with Crippen LogP contribution in [-0.4, -0.2) is 56.5 Å².